The van der Waals surface area contributed by atoms with Crippen LogP contribution in [0.2, 0.25) is 5.02 Å². The molecule has 0 saturated carbocycles. The fraction of sp³-hybridized carbons (Fsp3) is 0.286. The Balaban J connectivity index is 2.01. The monoisotopic (exact) mass is 293 g/mol. The third-order valence-corrected chi connectivity index (χ3v) is 2.76. The van der Waals surface area contributed by atoms with Crippen LogP contribution < -0.4 is 10.5 Å². The average Bonchev–Trinajstić information content (AvgIpc) is 2.44. The number of hydrogen-bond donors (Lipinski definition) is 1. The Morgan fingerprint density at radius 1 is 1.15 bits per heavy atom. The molecule has 2 N–H and O–H groups in total. The van der Waals surface area contributed by atoms with Gasteiger partial charge in [0.15, 0.2) is 5.82 Å². The summed E-state index contributed by atoms with van der Waals surface area (Å²) in [5.74, 6) is 1.31. The smallest absolute Gasteiger partial charge is 0.219 e. The molecule has 1 heterocycles. The number of nitrogens with zero attached hydrogens (tertiary/aromatic N) is 2. The molecule has 0 fully saturated rings. The van der Waals surface area contributed by atoms with E-state index in [2.05, 4.69) is 9.97 Å². The summed E-state index contributed by atoms with van der Waals surface area (Å²) >= 11 is 5.83. The first-order chi connectivity index (χ1) is 9.67. The first-order valence-electron chi connectivity index (χ1n) is 6.26. The van der Waals surface area contributed by atoms with Gasteiger partial charge >= 0.3 is 0 Å². The van der Waals surface area contributed by atoms with E-state index < -0.39 is 0 Å². The molecule has 0 spiro atoms. The van der Waals surface area contributed by atoms with Crippen LogP contribution in [-0.2, 0) is 18.0 Å². The van der Waals surface area contributed by atoms with E-state index in [9.17, 15) is 0 Å². The minimum absolute atomic E-state index is 0.318. The number of ether oxygens (including phenoxy) is 2. The zero-order chi connectivity index (χ0) is 14.4. The van der Waals surface area contributed by atoms with Crippen LogP contribution in [0.3, 0.4) is 0 Å². The van der Waals surface area contributed by atoms with Crippen molar-refractivity contribution < 1.29 is 9.47 Å². The molecule has 0 unspecified atom stereocenters. The number of halogens is 1. The molecule has 0 amide bonds. The molecule has 0 radical (unpaired) electrons. The Hall–Kier alpha value is -1.85. The molecule has 2 rings (SSSR count). The SMILES string of the molecule is CCOCc1nc(N)cc(OCc2ccc(Cl)cc2)n1. The van der Waals surface area contributed by atoms with E-state index in [1.807, 2.05) is 31.2 Å². The standard InChI is InChI=1S/C14H16ClN3O2/c1-2-19-9-13-17-12(16)7-14(18-13)20-8-10-3-5-11(15)6-4-10/h3-7H,2,8-9H2,1H3,(H2,16,17,18). The first-order valence-corrected chi connectivity index (χ1v) is 6.63. The maximum atomic E-state index is 5.83. The molecule has 0 aliphatic rings. The molecule has 0 aliphatic heterocycles. The van der Waals surface area contributed by atoms with Gasteiger partial charge in [0.25, 0.3) is 0 Å². The number of benzene rings is 1. The largest absolute Gasteiger partial charge is 0.473 e. The second kappa shape index (κ2) is 7.07. The third kappa shape index (κ3) is 4.36. The lowest BCUT2D eigenvalue weighted by Gasteiger charge is -2.08. The summed E-state index contributed by atoms with van der Waals surface area (Å²) < 4.78 is 10.9. The van der Waals surface area contributed by atoms with E-state index in [1.165, 1.54) is 0 Å². The molecular formula is C14H16ClN3O2. The summed E-state index contributed by atoms with van der Waals surface area (Å²) in [4.78, 5) is 8.32. The van der Waals surface area contributed by atoms with Crippen molar-refractivity contribution in [3.8, 4) is 5.88 Å². The molecule has 6 heteroatoms. The Labute approximate surface area is 122 Å². The normalized spacial score (nSPS) is 10.5. The van der Waals surface area contributed by atoms with Crippen LogP contribution in [0, 0.1) is 0 Å². The van der Waals surface area contributed by atoms with Crippen LogP contribution in [0.25, 0.3) is 0 Å². The zero-order valence-electron chi connectivity index (χ0n) is 11.2. The van der Waals surface area contributed by atoms with E-state index >= 15 is 0 Å². The molecule has 1 aromatic heterocycles. The number of nitrogen functional groups attached to an aromatic ring is 1. The van der Waals surface area contributed by atoms with Crippen molar-refractivity contribution >= 4 is 17.4 Å². The van der Waals surface area contributed by atoms with Crippen LogP contribution in [0.15, 0.2) is 30.3 Å². The van der Waals surface area contributed by atoms with Gasteiger partial charge in [0.05, 0.1) is 0 Å². The fourth-order valence-corrected chi connectivity index (χ4v) is 1.69. The second-order valence-electron chi connectivity index (χ2n) is 4.10. The second-order valence-corrected chi connectivity index (χ2v) is 4.54. The van der Waals surface area contributed by atoms with Gasteiger partial charge in [-0.1, -0.05) is 23.7 Å². The van der Waals surface area contributed by atoms with Gasteiger partial charge in [0.1, 0.15) is 19.0 Å². The van der Waals surface area contributed by atoms with Gasteiger partial charge in [-0.3, -0.25) is 0 Å². The summed E-state index contributed by atoms with van der Waals surface area (Å²) in [5.41, 5.74) is 6.71. The molecule has 2 aromatic rings. The summed E-state index contributed by atoms with van der Waals surface area (Å²) in [7, 11) is 0. The number of anilines is 1. The third-order valence-electron chi connectivity index (χ3n) is 2.50. The highest BCUT2D eigenvalue weighted by Gasteiger charge is 2.04. The van der Waals surface area contributed by atoms with Gasteiger partial charge in [-0.05, 0) is 24.6 Å². The zero-order valence-corrected chi connectivity index (χ0v) is 11.9. The quantitative estimate of drug-likeness (QED) is 0.887. The van der Waals surface area contributed by atoms with E-state index in [0.717, 1.165) is 5.56 Å². The van der Waals surface area contributed by atoms with Crippen LogP contribution in [-0.4, -0.2) is 16.6 Å². The van der Waals surface area contributed by atoms with Gasteiger partial charge < -0.3 is 15.2 Å². The Morgan fingerprint density at radius 2 is 1.90 bits per heavy atom. The van der Waals surface area contributed by atoms with Crippen molar-refractivity contribution in [1.82, 2.24) is 9.97 Å². The lowest BCUT2D eigenvalue weighted by Crippen LogP contribution is -2.05. The van der Waals surface area contributed by atoms with E-state index in [1.54, 1.807) is 6.07 Å². The van der Waals surface area contributed by atoms with Crippen molar-refractivity contribution in [3.63, 3.8) is 0 Å². The molecule has 0 saturated heterocycles. The Morgan fingerprint density at radius 3 is 2.60 bits per heavy atom. The number of nitrogens with two attached hydrogens (primary N) is 1. The molecule has 0 aliphatic carbocycles. The lowest BCUT2D eigenvalue weighted by atomic mass is 10.2. The van der Waals surface area contributed by atoms with Crippen molar-refractivity contribution in [2.24, 2.45) is 0 Å². The maximum Gasteiger partial charge on any atom is 0.219 e. The summed E-state index contributed by atoms with van der Waals surface area (Å²) in [6.07, 6.45) is 0. The van der Waals surface area contributed by atoms with Crippen molar-refractivity contribution in [1.29, 1.82) is 0 Å². The minimum Gasteiger partial charge on any atom is -0.473 e. The molecular weight excluding hydrogens is 278 g/mol. The van der Waals surface area contributed by atoms with E-state index in [4.69, 9.17) is 26.8 Å². The highest BCUT2D eigenvalue weighted by molar-refractivity contribution is 6.30. The van der Waals surface area contributed by atoms with Crippen molar-refractivity contribution in [3.05, 3.63) is 46.7 Å². The first kappa shape index (κ1) is 14.6. The maximum absolute atomic E-state index is 5.83. The van der Waals surface area contributed by atoms with Gasteiger partial charge in [-0.15, -0.1) is 0 Å². The van der Waals surface area contributed by atoms with Crippen molar-refractivity contribution in [2.45, 2.75) is 20.1 Å². The van der Waals surface area contributed by atoms with Gasteiger partial charge in [0.2, 0.25) is 5.88 Å². The predicted octanol–water partition coefficient (Wildman–Crippen LogP) is 2.83. The highest BCUT2D eigenvalue weighted by Crippen LogP contribution is 2.15. The van der Waals surface area contributed by atoms with Crippen LogP contribution >= 0.6 is 11.6 Å². The molecule has 0 atom stereocenters. The molecule has 106 valence electrons. The Bertz CT molecular complexity index is 561. The van der Waals surface area contributed by atoms with Crippen LogP contribution in [0.1, 0.15) is 18.3 Å². The van der Waals surface area contributed by atoms with E-state index in [-0.39, 0.29) is 0 Å². The predicted molar refractivity (Wildman–Crippen MR) is 77.6 cm³/mol. The molecule has 0 bridgehead atoms. The van der Waals surface area contributed by atoms with Crippen LogP contribution in [0.5, 0.6) is 5.88 Å². The van der Waals surface area contributed by atoms with Crippen molar-refractivity contribution in [2.75, 3.05) is 12.3 Å². The fourth-order valence-electron chi connectivity index (χ4n) is 1.56. The molecule has 5 nitrogen and oxygen atoms in total. The molecule has 1 aromatic carbocycles. The van der Waals surface area contributed by atoms with Crippen LogP contribution in [0.4, 0.5) is 5.82 Å². The number of rotatable bonds is 6. The van der Waals surface area contributed by atoms with Gasteiger partial charge in [-0.25, -0.2) is 4.98 Å². The summed E-state index contributed by atoms with van der Waals surface area (Å²) in [6.45, 7) is 3.21. The lowest BCUT2D eigenvalue weighted by molar-refractivity contribution is 0.127. The summed E-state index contributed by atoms with van der Waals surface area (Å²) in [6, 6.07) is 9.01. The minimum atomic E-state index is 0.318. The molecule has 20 heavy (non-hydrogen) atoms. The number of aromatic nitrogens is 2. The Kier molecular flexibility index (Phi) is 5.15. The van der Waals surface area contributed by atoms with Gasteiger partial charge in [0, 0.05) is 17.7 Å². The number of hydrogen-bond acceptors (Lipinski definition) is 5. The highest BCUT2D eigenvalue weighted by atomic mass is 35.5. The average molecular weight is 294 g/mol. The van der Waals surface area contributed by atoms with E-state index in [0.29, 0.717) is 42.4 Å². The topological polar surface area (TPSA) is 70.3 Å². The van der Waals surface area contributed by atoms with Gasteiger partial charge in [-0.2, -0.15) is 4.98 Å². The summed E-state index contributed by atoms with van der Waals surface area (Å²) in [5, 5.41) is 0.694.